The number of nitrogens with one attached hydrogen (secondary N) is 1. The Bertz CT molecular complexity index is 2540. The van der Waals surface area contributed by atoms with Gasteiger partial charge in [0.25, 0.3) is 0 Å². The van der Waals surface area contributed by atoms with Gasteiger partial charge in [0, 0.05) is 50.2 Å². The van der Waals surface area contributed by atoms with Crippen molar-refractivity contribution in [3.8, 4) is 40.4 Å². The van der Waals surface area contributed by atoms with Crippen molar-refractivity contribution < 1.29 is 32.2 Å². The number of nitrogens with zero attached hydrogens (tertiary/aromatic N) is 5. The van der Waals surface area contributed by atoms with Crippen LogP contribution in [0.4, 0.5) is 14.6 Å². The Morgan fingerprint density at radius 1 is 1.02 bits per heavy atom. The number of aromatic hydroxyl groups is 1. The summed E-state index contributed by atoms with van der Waals surface area (Å²) in [4.78, 5) is 18.8. The molecule has 2 atom stereocenters. The normalized spacial score (nSPS) is 22.4. The second-order valence-corrected chi connectivity index (χ2v) is 24.1. The number of benzene rings is 2. The van der Waals surface area contributed by atoms with E-state index in [1.807, 2.05) is 4.90 Å². The van der Waals surface area contributed by atoms with Crippen LogP contribution in [0.1, 0.15) is 76.9 Å². The van der Waals surface area contributed by atoms with Gasteiger partial charge in [-0.2, -0.15) is 9.97 Å². The van der Waals surface area contributed by atoms with Crippen molar-refractivity contribution in [1.29, 1.82) is 0 Å². The third-order valence-electron chi connectivity index (χ3n) is 13.7. The maximum absolute atomic E-state index is 17.9. The molecule has 2 N–H and O–H groups in total. The first-order chi connectivity index (χ1) is 29.7. The maximum atomic E-state index is 17.9. The number of hydrogen-bond acceptors (Lipinski definition) is 10. The van der Waals surface area contributed by atoms with Crippen LogP contribution in [0.3, 0.4) is 0 Å². The number of methoxy groups -OCH3 is 2. The summed E-state index contributed by atoms with van der Waals surface area (Å²) in [5, 5.41) is 15.6. The van der Waals surface area contributed by atoms with Gasteiger partial charge in [-0.3, -0.25) is 4.90 Å². The number of rotatable bonds is 11. The Kier molecular flexibility index (Phi) is 10.0. The second kappa shape index (κ2) is 15.7. The number of fused-ring (bicyclic) bond motifs is 5. The molecule has 4 aromatic rings. The summed E-state index contributed by atoms with van der Waals surface area (Å²) in [7, 11) is -3.53. The average molecular weight is 840 g/mol. The predicted octanol–water partition coefficient (Wildman–Crippen LogP) is 8.70. The van der Waals surface area contributed by atoms with Gasteiger partial charge in [-0.25, -0.2) is 13.8 Å². The molecule has 2 aromatic heterocycles. The standard InChI is InChI=1S/C47H58F2N6O4Si/c1-27(2)60(28(3)4,29(5)6)16-14-35-37(48)12-11-32-17-34(56)18-36(38(32)35)41-40(49)42-39(44(50-41)58-10)43(54-23-33-13-15-46(24-54,53-33)25-57-9)52-45(51-42)59-26-47-19-30(7)21-55(47)22-31(8)20-47/h11-12,17-18,27-29,33,53,56H,7-8,13,15,19-26H2,1-6,9-10H3/t33-,46+/m1/s1/i9D3. The number of halogens is 2. The van der Waals surface area contributed by atoms with E-state index in [-0.39, 0.29) is 87.8 Å². The van der Waals surface area contributed by atoms with Gasteiger partial charge in [0.15, 0.2) is 5.82 Å². The third-order valence-corrected chi connectivity index (χ3v) is 20.0. The van der Waals surface area contributed by atoms with Crippen molar-refractivity contribution in [2.24, 2.45) is 0 Å². The van der Waals surface area contributed by atoms with Crippen LogP contribution in [0.5, 0.6) is 17.6 Å². The fourth-order valence-corrected chi connectivity index (χ4v) is 16.4. The summed E-state index contributed by atoms with van der Waals surface area (Å²) in [5.74, 6) is 1.97. The first-order valence-corrected chi connectivity index (χ1v) is 23.2. The molecule has 4 aliphatic rings. The molecule has 0 saturated carbocycles. The quantitative estimate of drug-likeness (QED) is 0.0867. The lowest BCUT2D eigenvalue weighted by atomic mass is 9.92. The molecule has 318 valence electrons. The van der Waals surface area contributed by atoms with Crippen LogP contribution in [-0.2, 0) is 4.74 Å². The van der Waals surface area contributed by atoms with Crippen LogP contribution in [0.25, 0.3) is 32.9 Å². The molecular formula is C47H58F2N6O4Si. The molecule has 2 aromatic carbocycles. The SMILES string of the molecule is [2H]C([2H])([2H])OC[C@]12CC[C@H](CN(c3nc(OCC45CC(=C)CN4CC(=C)C5)nc4c(F)c(-c5cc(O)cc6ccc(F)c(C#C[Si](C(C)C)(C(C)C)C(C)C)c56)nc(OC)c34)C1)N2. The van der Waals surface area contributed by atoms with Gasteiger partial charge in [-0.05, 0) is 65.9 Å². The van der Waals surface area contributed by atoms with E-state index in [2.05, 4.69) is 76.4 Å². The number of phenolic OH excluding ortho intramolecular Hbond substituents is 1. The van der Waals surface area contributed by atoms with Gasteiger partial charge in [0.05, 0.1) is 34.5 Å². The Balaban J connectivity index is 1.33. The minimum atomic E-state index is -2.59. The topological polar surface area (TPSA) is 105 Å². The third kappa shape index (κ3) is 7.03. The lowest BCUT2D eigenvalue weighted by molar-refractivity contribution is 0.107. The van der Waals surface area contributed by atoms with Crippen molar-refractivity contribution >= 4 is 35.6 Å². The van der Waals surface area contributed by atoms with Gasteiger partial charge < -0.3 is 29.5 Å². The molecule has 0 spiro atoms. The summed E-state index contributed by atoms with van der Waals surface area (Å²) in [6, 6.07) is 5.62. The summed E-state index contributed by atoms with van der Waals surface area (Å²) in [6.07, 6.45) is 2.82. The molecule has 2 bridgehead atoms. The Labute approximate surface area is 357 Å². The smallest absolute Gasteiger partial charge is 0.319 e. The molecule has 4 saturated heterocycles. The second-order valence-electron chi connectivity index (χ2n) is 18.6. The lowest BCUT2D eigenvalue weighted by Crippen LogP contribution is -2.61. The number of hydrogen-bond donors (Lipinski definition) is 2. The molecule has 4 fully saturated rings. The van der Waals surface area contributed by atoms with Gasteiger partial charge in [-0.15, -0.1) is 5.54 Å². The highest BCUT2D eigenvalue weighted by Crippen LogP contribution is 2.46. The zero-order valence-electron chi connectivity index (χ0n) is 38.8. The lowest BCUT2D eigenvalue weighted by Gasteiger charge is -2.42. The van der Waals surface area contributed by atoms with E-state index in [1.54, 1.807) is 6.07 Å². The summed E-state index contributed by atoms with van der Waals surface area (Å²) >= 11 is 0. The van der Waals surface area contributed by atoms with Crippen LogP contribution >= 0.6 is 0 Å². The van der Waals surface area contributed by atoms with E-state index in [0.29, 0.717) is 42.4 Å². The number of aromatic nitrogens is 3. The van der Waals surface area contributed by atoms with Gasteiger partial charge in [0.1, 0.15) is 48.7 Å². The average Bonchev–Trinajstić information content (AvgIpc) is 3.80. The monoisotopic (exact) mass is 839 g/mol. The van der Waals surface area contributed by atoms with Crippen molar-refractivity contribution in [2.45, 2.75) is 101 Å². The van der Waals surface area contributed by atoms with E-state index in [1.165, 1.54) is 25.3 Å². The zero-order chi connectivity index (χ0) is 45.4. The molecule has 10 nitrogen and oxygen atoms in total. The Morgan fingerprint density at radius 2 is 1.73 bits per heavy atom. The zero-order valence-corrected chi connectivity index (χ0v) is 36.8. The molecule has 0 radical (unpaired) electrons. The molecule has 0 amide bonds. The van der Waals surface area contributed by atoms with Gasteiger partial charge in [-0.1, -0.05) is 77.8 Å². The van der Waals surface area contributed by atoms with E-state index in [9.17, 15) is 5.11 Å². The molecule has 0 aliphatic carbocycles. The van der Waals surface area contributed by atoms with E-state index in [0.717, 1.165) is 30.7 Å². The van der Waals surface area contributed by atoms with Crippen LogP contribution < -0.4 is 19.7 Å². The molecule has 0 unspecified atom stereocenters. The first-order valence-electron chi connectivity index (χ1n) is 22.5. The fourth-order valence-electron chi connectivity index (χ4n) is 11.2. The first kappa shape index (κ1) is 38.3. The minimum absolute atomic E-state index is 0.00282. The molecule has 6 heterocycles. The van der Waals surface area contributed by atoms with Crippen molar-refractivity contribution in [2.75, 3.05) is 58.4 Å². The van der Waals surface area contributed by atoms with Crippen LogP contribution in [-0.4, -0.2) is 104 Å². The van der Waals surface area contributed by atoms with E-state index in [4.69, 9.17) is 33.3 Å². The predicted molar refractivity (Wildman–Crippen MR) is 237 cm³/mol. The van der Waals surface area contributed by atoms with Crippen molar-refractivity contribution in [1.82, 2.24) is 25.2 Å². The summed E-state index contributed by atoms with van der Waals surface area (Å²) < 4.78 is 75.3. The van der Waals surface area contributed by atoms with Crippen LogP contribution in [0.2, 0.25) is 16.6 Å². The largest absolute Gasteiger partial charge is 0.508 e. The number of pyridine rings is 1. The number of ether oxygens (including phenoxy) is 3. The summed E-state index contributed by atoms with van der Waals surface area (Å²) in [6.45, 7) is 23.9. The maximum Gasteiger partial charge on any atom is 0.319 e. The number of piperazine rings is 1. The summed E-state index contributed by atoms with van der Waals surface area (Å²) in [5.41, 5.74) is 5.33. The molecule has 13 heteroatoms. The van der Waals surface area contributed by atoms with Crippen molar-refractivity contribution in [3.63, 3.8) is 0 Å². The fraction of sp³-hybridized carbons (Fsp3) is 0.511. The Hall–Kier alpha value is -4.61. The molecule has 8 rings (SSSR count). The van der Waals surface area contributed by atoms with Gasteiger partial charge >= 0.3 is 6.01 Å². The van der Waals surface area contributed by atoms with Crippen LogP contribution in [0.15, 0.2) is 48.6 Å². The minimum Gasteiger partial charge on any atom is -0.508 e. The van der Waals surface area contributed by atoms with E-state index < -0.39 is 37.8 Å². The molecule has 4 aliphatic heterocycles. The number of anilines is 1. The Morgan fingerprint density at radius 3 is 2.40 bits per heavy atom. The molecule has 60 heavy (non-hydrogen) atoms. The van der Waals surface area contributed by atoms with Crippen LogP contribution in [0, 0.1) is 23.1 Å². The molecular weight excluding hydrogens is 779 g/mol. The van der Waals surface area contributed by atoms with E-state index >= 15 is 8.78 Å². The highest BCUT2D eigenvalue weighted by Gasteiger charge is 2.49. The highest BCUT2D eigenvalue weighted by atomic mass is 28.3. The van der Waals surface area contributed by atoms with Gasteiger partial charge in [0.2, 0.25) is 5.88 Å². The highest BCUT2D eigenvalue weighted by molar-refractivity contribution is 6.90. The number of phenols is 1. The van der Waals surface area contributed by atoms with Crippen molar-refractivity contribution in [3.05, 3.63) is 65.8 Å².